The number of esters is 1. The number of nitrogens with two attached hydrogens (primary N) is 3. The summed E-state index contributed by atoms with van der Waals surface area (Å²) in [4.78, 5) is 39.5. The number of amides is 1. The summed E-state index contributed by atoms with van der Waals surface area (Å²) in [5.74, 6) is -1.59. The van der Waals surface area contributed by atoms with Crippen LogP contribution in [0.4, 0.5) is 4.39 Å². The summed E-state index contributed by atoms with van der Waals surface area (Å²) >= 11 is 0. The van der Waals surface area contributed by atoms with Gasteiger partial charge >= 0.3 is 5.97 Å². The summed E-state index contributed by atoms with van der Waals surface area (Å²) in [6.45, 7) is 6.17. The van der Waals surface area contributed by atoms with Gasteiger partial charge in [-0.05, 0) is 48.9 Å². The summed E-state index contributed by atoms with van der Waals surface area (Å²) in [7, 11) is 0. The van der Waals surface area contributed by atoms with Crippen LogP contribution in [0, 0.1) is 12.7 Å². The zero-order chi connectivity index (χ0) is 27.9. The molecule has 2 unspecified atom stereocenters. The van der Waals surface area contributed by atoms with Gasteiger partial charge in [-0.3, -0.25) is 9.59 Å². The molecule has 10 nitrogen and oxygen atoms in total. The number of carbonyl (C=O) groups is 2. The van der Waals surface area contributed by atoms with Crippen molar-refractivity contribution in [3.63, 3.8) is 0 Å². The van der Waals surface area contributed by atoms with E-state index >= 15 is 0 Å². The Morgan fingerprint density at radius 3 is 2.53 bits per heavy atom. The Labute approximate surface area is 218 Å². The van der Waals surface area contributed by atoms with Crippen LogP contribution in [0.2, 0.25) is 0 Å². The van der Waals surface area contributed by atoms with E-state index in [9.17, 15) is 23.9 Å². The molecular weight excluding hydrogens is 493 g/mol. The van der Waals surface area contributed by atoms with Crippen molar-refractivity contribution in [2.45, 2.75) is 65.3 Å². The second-order valence-electron chi connectivity index (χ2n) is 9.24. The maximum atomic E-state index is 14.5. The first-order valence-corrected chi connectivity index (χ1v) is 12.6. The van der Waals surface area contributed by atoms with Crippen LogP contribution in [0.3, 0.4) is 0 Å². The molecule has 2 atom stereocenters. The molecular formula is C27H32FN5O5. The van der Waals surface area contributed by atoms with Crippen LogP contribution < -0.4 is 22.8 Å². The van der Waals surface area contributed by atoms with Crippen molar-refractivity contribution in [1.82, 2.24) is 9.55 Å². The fourth-order valence-electron chi connectivity index (χ4n) is 5.18. The van der Waals surface area contributed by atoms with E-state index in [1.165, 1.54) is 6.07 Å². The molecule has 3 aliphatic rings. The number of pyridine rings is 2. The Morgan fingerprint density at radius 2 is 1.89 bits per heavy atom. The van der Waals surface area contributed by atoms with Crippen molar-refractivity contribution in [1.29, 1.82) is 0 Å². The van der Waals surface area contributed by atoms with Gasteiger partial charge in [-0.15, -0.1) is 0 Å². The van der Waals surface area contributed by atoms with Crippen molar-refractivity contribution in [3.05, 3.63) is 61.7 Å². The van der Waals surface area contributed by atoms with E-state index in [2.05, 4.69) is 0 Å². The summed E-state index contributed by atoms with van der Waals surface area (Å²) in [6, 6.07) is 2.45. The first-order chi connectivity index (χ1) is 18.1. The molecule has 1 amide bonds. The SMILES string of the molecule is CC.Cc1c(F)cc2nc3c(c4c2c1CCC4)Cn1c-3cc2c(c1=O)COC(=O)C2O.NCC(N)C(N)=O. The minimum Gasteiger partial charge on any atom is -0.458 e. The minimum atomic E-state index is -1.48. The Morgan fingerprint density at radius 1 is 1.21 bits per heavy atom. The number of hydrogen-bond donors (Lipinski definition) is 4. The zero-order valence-corrected chi connectivity index (χ0v) is 21.6. The molecule has 0 saturated heterocycles. The summed E-state index contributed by atoms with van der Waals surface area (Å²) in [5, 5.41) is 11.2. The van der Waals surface area contributed by atoms with E-state index in [1.54, 1.807) is 17.6 Å². The number of benzene rings is 1. The van der Waals surface area contributed by atoms with Gasteiger partial charge in [0, 0.05) is 29.1 Å². The first kappa shape index (κ1) is 27.4. The topological polar surface area (TPSA) is 177 Å². The number of aromatic nitrogens is 2. The standard InChI is InChI=1S/C22H17FN2O4.C3H9N3O.C2H6/c1-9-10-3-2-4-11-13-7-25-17(19(13)24-16(18(10)11)6-15(9)23)5-12-14(21(25)27)8-29-22(28)20(12)26;4-1-2(5)3(6)7;1-2/h5-6,20,26H,2-4,7-8H2,1H3;2H,1,4-5H2,(H2,6,7);1-2H3. The van der Waals surface area contributed by atoms with Gasteiger partial charge in [0.1, 0.15) is 12.4 Å². The lowest BCUT2D eigenvalue weighted by Gasteiger charge is -2.22. The largest absolute Gasteiger partial charge is 0.458 e. The van der Waals surface area contributed by atoms with E-state index in [-0.39, 0.29) is 30.1 Å². The number of aliphatic hydroxyl groups is 1. The normalized spacial score (nSPS) is 17.1. The molecule has 0 radical (unpaired) electrons. The number of halogens is 1. The molecule has 11 heteroatoms. The van der Waals surface area contributed by atoms with Crippen molar-refractivity contribution < 1.29 is 23.8 Å². The van der Waals surface area contributed by atoms with Crippen LogP contribution in [0.5, 0.6) is 0 Å². The zero-order valence-electron chi connectivity index (χ0n) is 21.6. The van der Waals surface area contributed by atoms with Gasteiger partial charge in [0.25, 0.3) is 5.56 Å². The molecule has 3 aromatic rings. The highest BCUT2D eigenvalue weighted by Crippen LogP contribution is 2.41. The second-order valence-corrected chi connectivity index (χ2v) is 9.24. The predicted octanol–water partition coefficient (Wildman–Crippen LogP) is 1.24. The molecule has 2 aliphatic heterocycles. The van der Waals surface area contributed by atoms with E-state index in [0.717, 1.165) is 41.3 Å². The fourth-order valence-corrected chi connectivity index (χ4v) is 5.18. The van der Waals surface area contributed by atoms with Crippen molar-refractivity contribution >= 4 is 22.8 Å². The van der Waals surface area contributed by atoms with Crippen LogP contribution in [0.1, 0.15) is 59.8 Å². The average molecular weight is 526 g/mol. The third kappa shape index (κ3) is 4.36. The highest BCUT2D eigenvalue weighted by atomic mass is 19.1. The Balaban J connectivity index is 0.000000328. The number of aliphatic hydroxyl groups excluding tert-OH is 1. The molecule has 6 rings (SSSR count). The van der Waals surface area contributed by atoms with E-state index in [0.29, 0.717) is 34.6 Å². The van der Waals surface area contributed by atoms with Crippen molar-refractivity contribution in [3.8, 4) is 11.4 Å². The molecule has 7 N–H and O–H groups in total. The van der Waals surface area contributed by atoms with Gasteiger partial charge in [-0.1, -0.05) is 13.8 Å². The number of fused-ring (bicyclic) bond motifs is 5. The second kappa shape index (κ2) is 10.6. The Bertz CT molecular complexity index is 1520. The maximum Gasteiger partial charge on any atom is 0.340 e. The van der Waals surface area contributed by atoms with Gasteiger partial charge in [-0.2, -0.15) is 0 Å². The third-order valence-electron chi connectivity index (χ3n) is 7.16. The van der Waals surface area contributed by atoms with Gasteiger partial charge in [0.05, 0.1) is 35.1 Å². The van der Waals surface area contributed by atoms with Crippen LogP contribution in [0.15, 0.2) is 16.9 Å². The van der Waals surface area contributed by atoms with Crippen molar-refractivity contribution in [2.75, 3.05) is 6.54 Å². The summed E-state index contributed by atoms with van der Waals surface area (Å²) < 4.78 is 21.1. The highest BCUT2D eigenvalue weighted by molar-refractivity contribution is 5.92. The molecule has 0 bridgehead atoms. The number of hydrogen-bond acceptors (Lipinski definition) is 8. The molecule has 0 saturated carbocycles. The molecule has 0 spiro atoms. The van der Waals surface area contributed by atoms with E-state index < -0.39 is 24.0 Å². The van der Waals surface area contributed by atoms with Crippen LogP contribution >= 0.6 is 0 Å². The molecule has 1 aromatic carbocycles. The quantitative estimate of drug-likeness (QED) is 0.282. The maximum absolute atomic E-state index is 14.5. The molecule has 202 valence electrons. The predicted molar refractivity (Wildman–Crippen MR) is 140 cm³/mol. The lowest BCUT2D eigenvalue weighted by molar-refractivity contribution is -0.157. The number of cyclic esters (lactones) is 1. The first-order valence-electron chi connectivity index (χ1n) is 12.6. The van der Waals surface area contributed by atoms with Crippen LogP contribution in [0.25, 0.3) is 22.3 Å². The third-order valence-corrected chi connectivity index (χ3v) is 7.16. The number of carbonyl (C=O) groups excluding carboxylic acids is 2. The van der Waals surface area contributed by atoms with Crippen LogP contribution in [-0.4, -0.2) is 39.1 Å². The number of ether oxygens (including phenoxy) is 1. The minimum absolute atomic E-state index is 0.120. The Hall–Kier alpha value is -3.67. The monoisotopic (exact) mass is 525 g/mol. The summed E-state index contributed by atoms with van der Waals surface area (Å²) in [6.07, 6.45) is 1.12. The molecule has 4 heterocycles. The van der Waals surface area contributed by atoms with Crippen LogP contribution in [-0.2, 0) is 40.3 Å². The number of aryl methyl sites for hydroxylation is 2. The molecule has 2 aromatic heterocycles. The summed E-state index contributed by atoms with van der Waals surface area (Å²) in [5.41, 5.74) is 20.5. The highest BCUT2D eigenvalue weighted by Gasteiger charge is 2.35. The smallest absolute Gasteiger partial charge is 0.340 e. The van der Waals surface area contributed by atoms with Crippen molar-refractivity contribution in [2.24, 2.45) is 17.2 Å². The lowest BCUT2D eigenvalue weighted by atomic mass is 9.85. The fraction of sp³-hybridized carbons (Fsp3) is 0.407. The van der Waals surface area contributed by atoms with Gasteiger partial charge in [0.15, 0.2) is 6.10 Å². The number of rotatable bonds is 2. The van der Waals surface area contributed by atoms with Gasteiger partial charge < -0.3 is 31.6 Å². The van der Waals surface area contributed by atoms with Gasteiger partial charge in [0.2, 0.25) is 5.91 Å². The number of nitrogens with zero attached hydrogens (tertiary/aromatic N) is 2. The molecule has 1 aliphatic carbocycles. The average Bonchev–Trinajstić information content (AvgIpc) is 3.29. The van der Waals surface area contributed by atoms with E-state index in [4.69, 9.17) is 26.9 Å². The molecule has 38 heavy (non-hydrogen) atoms. The lowest BCUT2D eigenvalue weighted by Crippen LogP contribution is -2.42. The number of primary amides is 1. The van der Waals surface area contributed by atoms with Gasteiger partial charge in [-0.25, -0.2) is 14.2 Å². The Kier molecular flexibility index (Phi) is 7.63. The molecule has 0 fully saturated rings. The van der Waals surface area contributed by atoms with E-state index in [1.807, 2.05) is 13.8 Å².